The molecule has 0 amide bonds. The number of nitrogens with zero attached hydrogens (tertiary/aromatic N) is 1. The zero-order valence-corrected chi connectivity index (χ0v) is 12.3. The van der Waals surface area contributed by atoms with Crippen molar-refractivity contribution < 1.29 is 12.9 Å². The van der Waals surface area contributed by atoms with E-state index in [0.717, 1.165) is 12.1 Å². The SMILES string of the molecule is O=S(=O)(NCc1ccon1)c1cc(CNC2CC2)cs1. The highest BCUT2D eigenvalue weighted by molar-refractivity contribution is 7.91. The van der Waals surface area contributed by atoms with Gasteiger partial charge >= 0.3 is 0 Å². The summed E-state index contributed by atoms with van der Waals surface area (Å²) in [5.41, 5.74) is 1.56. The third kappa shape index (κ3) is 3.45. The Morgan fingerprint density at radius 3 is 2.95 bits per heavy atom. The van der Waals surface area contributed by atoms with E-state index >= 15 is 0 Å². The van der Waals surface area contributed by atoms with E-state index < -0.39 is 10.0 Å². The van der Waals surface area contributed by atoms with Crippen LogP contribution in [0.25, 0.3) is 0 Å². The Hall–Kier alpha value is -1.22. The molecule has 0 bridgehead atoms. The molecule has 20 heavy (non-hydrogen) atoms. The summed E-state index contributed by atoms with van der Waals surface area (Å²) < 4.78 is 31.7. The van der Waals surface area contributed by atoms with Crippen molar-refractivity contribution in [3.05, 3.63) is 35.0 Å². The van der Waals surface area contributed by atoms with E-state index in [-0.39, 0.29) is 6.54 Å². The molecule has 1 saturated carbocycles. The maximum absolute atomic E-state index is 12.1. The molecule has 0 spiro atoms. The first-order valence-corrected chi connectivity index (χ1v) is 8.69. The molecule has 0 unspecified atom stereocenters. The molecule has 1 fully saturated rings. The number of nitrogens with one attached hydrogen (secondary N) is 2. The molecular weight excluding hydrogens is 298 g/mol. The van der Waals surface area contributed by atoms with Gasteiger partial charge in [0, 0.05) is 18.7 Å². The van der Waals surface area contributed by atoms with Crippen molar-refractivity contribution in [2.24, 2.45) is 0 Å². The van der Waals surface area contributed by atoms with E-state index in [0.29, 0.717) is 15.9 Å². The summed E-state index contributed by atoms with van der Waals surface area (Å²) >= 11 is 1.23. The first kappa shape index (κ1) is 13.7. The van der Waals surface area contributed by atoms with Gasteiger partial charge in [0.1, 0.15) is 10.5 Å². The molecule has 0 atom stereocenters. The summed E-state index contributed by atoms with van der Waals surface area (Å²) in [5, 5.41) is 8.90. The average molecular weight is 313 g/mol. The van der Waals surface area contributed by atoms with Gasteiger partial charge in [0.25, 0.3) is 0 Å². The molecule has 3 rings (SSSR count). The van der Waals surface area contributed by atoms with Crippen molar-refractivity contribution in [3.63, 3.8) is 0 Å². The molecule has 6 nitrogen and oxygen atoms in total. The predicted molar refractivity (Wildman–Crippen MR) is 74.7 cm³/mol. The minimum absolute atomic E-state index is 0.131. The van der Waals surface area contributed by atoms with Crippen LogP contribution in [0.4, 0.5) is 0 Å². The van der Waals surface area contributed by atoms with E-state index in [9.17, 15) is 8.42 Å². The minimum atomic E-state index is -3.48. The van der Waals surface area contributed by atoms with Gasteiger partial charge in [-0.05, 0) is 29.9 Å². The fourth-order valence-corrected chi connectivity index (χ4v) is 3.96. The molecular formula is C12H15N3O3S2. The Bertz CT molecular complexity index is 660. The number of aromatic nitrogens is 1. The van der Waals surface area contributed by atoms with Gasteiger partial charge in [-0.15, -0.1) is 11.3 Å². The molecule has 2 heterocycles. The Morgan fingerprint density at radius 2 is 2.25 bits per heavy atom. The summed E-state index contributed by atoms with van der Waals surface area (Å²) in [7, 11) is -3.48. The largest absolute Gasteiger partial charge is 0.364 e. The monoisotopic (exact) mass is 313 g/mol. The van der Waals surface area contributed by atoms with Crippen molar-refractivity contribution in [3.8, 4) is 0 Å². The fourth-order valence-electron chi connectivity index (χ4n) is 1.71. The second-order valence-electron chi connectivity index (χ2n) is 4.74. The van der Waals surface area contributed by atoms with Crippen LogP contribution in [0.5, 0.6) is 0 Å². The lowest BCUT2D eigenvalue weighted by atomic mass is 10.3. The fraction of sp³-hybridized carbons (Fsp3) is 0.417. The highest BCUT2D eigenvalue weighted by atomic mass is 32.2. The molecule has 2 aromatic heterocycles. The Kier molecular flexibility index (Phi) is 3.88. The van der Waals surface area contributed by atoms with Crippen LogP contribution < -0.4 is 10.0 Å². The van der Waals surface area contributed by atoms with Crippen LogP contribution in [-0.4, -0.2) is 19.6 Å². The van der Waals surface area contributed by atoms with Gasteiger partial charge in [0.2, 0.25) is 10.0 Å². The number of sulfonamides is 1. The molecule has 1 aliphatic carbocycles. The second kappa shape index (κ2) is 5.65. The molecule has 0 radical (unpaired) electrons. The summed E-state index contributed by atoms with van der Waals surface area (Å²) in [6, 6.07) is 3.95. The summed E-state index contributed by atoms with van der Waals surface area (Å²) in [5.74, 6) is 0. The van der Waals surface area contributed by atoms with Crippen molar-refractivity contribution in [1.82, 2.24) is 15.2 Å². The van der Waals surface area contributed by atoms with Gasteiger partial charge in [-0.1, -0.05) is 5.16 Å². The first-order valence-electron chi connectivity index (χ1n) is 6.33. The van der Waals surface area contributed by atoms with Crippen LogP contribution in [0.1, 0.15) is 24.1 Å². The Balaban J connectivity index is 1.61. The molecule has 0 aromatic carbocycles. The minimum Gasteiger partial charge on any atom is -0.364 e. The molecule has 0 aliphatic heterocycles. The quantitative estimate of drug-likeness (QED) is 0.808. The van der Waals surface area contributed by atoms with E-state index in [2.05, 4.69) is 19.7 Å². The molecule has 2 aromatic rings. The third-order valence-electron chi connectivity index (χ3n) is 3.00. The van der Waals surface area contributed by atoms with E-state index in [4.69, 9.17) is 0 Å². The molecule has 0 saturated heterocycles. The van der Waals surface area contributed by atoms with Crippen molar-refractivity contribution in [2.75, 3.05) is 0 Å². The van der Waals surface area contributed by atoms with E-state index in [1.165, 1.54) is 30.4 Å². The van der Waals surface area contributed by atoms with Crippen LogP contribution in [0.15, 0.2) is 32.5 Å². The summed E-state index contributed by atoms with van der Waals surface area (Å²) in [6.45, 7) is 0.854. The Morgan fingerprint density at radius 1 is 1.40 bits per heavy atom. The second-order valence-corrected chi connectivity index (χ2v) is 7.65. The number of rotatable bonds is 7. The number of hydrogen-bond donors (Lipinski definition) is 2. The summed E-state index contributed by atoms with van der Waals surface area (Å²) in [4.78, 5) is 0. The highest BCUT2D eigenvalue weighted by Gasteiger charge is 2.21. The number of thiophene rings is 1. The normalized spacial score (nSPS) is 15.6. The molecule has 8 heteroatoms. The van der Waals surface area contributed by atoms with Gasteiger partial charge in [-0.2, -0.15) is 0 Å². The van der Waals surface area contributed by atoms with Crippen LogP contribution in [0, 0.1) is 0 Å². The molecule has 108 valence electrons. The zero-order chi connectivity index (χ0) is 14.0. The van der Waals surface area contributed by atoms with Crippen LogP contribution in [0.2, 0.25) is 0 Å². The third-order valence-corrected chi connectivity index (χ3v) is 5.89. The summed E-state index contributed by atoms with van der Waals surface area (Å²) in [6.07, 6.45) is 3.85. The van der Waals surface area contributed by atoms with Gasteiger partial charge in [-0.25, -0.2) is 13.1 Å². The van der Waals surface area contributed by atoms with Gasteiger partial charge in [0.15, 0.2) is 0 Å². The lowest BCUT2D eigenvalue weighted by Crippen LogP contribution is -2.22. The lowest BCUT2D eigenvalue weighted by molar-refractivity contribution is 0.411. The lowest BCUT2D eigenvalue weighted by Gasteiger charge is -2.02. The van der Waals surface area contributed by atoms with E-state index in [1.807, 2.05) is 5.38 Å². The number of hydrogen-bond acceptors (Lipinski definition) is 6. The first-order chi connectivity index (χ1) is 9.63. The predicted octanol–water partition coefficient (Wildman–Crippen LogP) is 1.47. The van der Waals surface area contributed by atoms with Crippen molar-refractivity contribution in [1.29, 1.82) is 0 Å². The van der Waals surface area contributed by atoms with Gasteiger partial charge < -0.3 is 9.84 Å². The average Bonchev–Trinajstić information content (AvgIpc) is 2.94. The van der Waals surface area contributed by atoms with Gasteiger partial charge in [-0.3, -0.25) is 0 Å². The molecule has 1 aliphatic rings. The standard InChI is InChI=1S/C12H15N3O3S2/c16-20(17,14-7-11-3-4-18-15-11)12-5-9(8-19-12)6-13-10-1-2-10/h3-5,8,10,13-14H,1-2,6-7H2. The topological polar surface area (TPSA) is 84.2 Å². The Labute approximate surface area is 121 Å². The van der Waals surface area contributed by atoms with Crippen LogP contribution >= 0.6 is 11.3 Å². The highest BCUT2D eigenvalue weighted by Crippen LogP contribution is 2.23. The van der Waals surface area contributed by atoms with Crippen molar-refractivity contribution in [2.45, 2.75) is 36.2 Å². The smallest absolute Gasteiger partial charge is 0.250 e. The molecule has 2 N–H and O–H groups in total. The van der Waals surface area contributed by atoms with Crippen molar-refractivity contribution >= 4 is 21.4 Å². The van der Waals surface area contributed by atoms with Crippen LogP contribution in [-0.2, 0) is 23.1 Å². The van der Waals surface area contributed by atoms with E-state index in [1.54, 1.807) is 12.1 Å². The zero-order valence-electron chi connectivity index (χ0n) is 10.7. The van der Waals surface area contributed by atoms with Crippen LogP contribution in [0.3, 0.4) is 0 Å². The van der Waals surface area contributed by atoms with Gasteiger partial charge in [0.05, 0.1) is 12.2 Å². The maximum atomic E-state index is 12.1. The maximum Gasteiger partial charge on any atom is 0.250 e.